The minimum atomic E-state index is -0.271. The molecule has 1 atom stereocenters. The second-order valence-electron chi connectivity index (χ2n) is 6.08. The number of rotatable bonds is 2. The fourth-order valence-corrected chi connectivity index (χ4v) is 3.69. The van der Waals surface area contributed by atoms with Crippen LogP contribution < -0.4 is 10.9 Å². The Hall–Kier alpha value is -2.44. The molecule has 1 aliphatic rings. The highest BCUT2D eigenvalue weighted by molar-refractivity contribution is 7.71. The second kappa shape index (κ2) is 6.13. The van der Waals surface area contributed by atoms with E-state index < -0.39 is 0 Å². The molecule has 1 heterocycles. The van der Waals surface area contributed by atoms with Crippen LogP contribution >= 0.6 is 23.8 Å². The zero-order valence-electron chi connectivity index (χ0n) is 13.1. The predicted octanol–water partition coefficient (Wildman–Crippen LogP) is 3.66. The van der Waals surface area contributed by atoms with Crippen LogP contribution in [0.15, 0.2) is 41.2 Å². The Kier molecular flexibility index (Phi) is 3.94. The number of halogens is 1. The van der Waals surface area contributed by atoms with E-state index in [-0.39, 0.29) is 22.3 Å². The first kappa shape index (κ1) is 16.1. The number of benzene rings is 2. The fourth-order valence-electron chi connectivity index (χ4n) is 3.29. The highest BCUT2D eigenvalue weighted by Gasteiger charge is 2.24. The third kappa shape index (κ3) is 2.99. The molecule has 0 aliphatic heterocycles. The zero-order chi connectivity index (χ0) is 17.6. The van der Waals surface area contributed by atoms with Gasteiger partial charge >= 0.3 is 0 Å². The Bertz CT molecular complexity index is 1120. The average Bonchev–Trinajstić information content (AvgIpc) is 2.96. The molecular formula is C18H14ClN3O2S. The maximum Gasteiger partial charge on any atom is 0.259 e. The Morgan fingerprint density at radius 1 is 1.20 bits per heavy atom. The molecule has 25 heavy (non-hydrogen) atoms. The lowest BCUT2D eigenvalue weighted by Crippen LogP contribution is -2.27. The van der Waals surface area contributed by atoms with Gasteiger partial charge in [-0.3, -0.25) is 14.6 Å². The van der Waals surface area contributed by atoms with Crippen LogP contribution in [0.3, 0.4) is 0 Å². The van der Waals surface area contributed by atoms with Crippen molar-refractivity contribution in [1.29, 1.82) is 0 Å². The van der Waals surface area contributed by atoms with E-state index in [0.717, 1.165) is 18.4 Å². The van der Waals surface area contributed by atoms with Crippen molar-refractivity contribution < 1.29 is 4.79 Å². The van der Waals surface area contributed by atoms with Gasteiger partial charge in [0.1, 0.15) is 0 Å². The maximum absolute atomic E-state index is 12.6. The molecule has 7 heteroatoms. The number of hydrogen-bond acceptors (Lipinski definition) is 3. The molecule has 0 saturated heterocycles. The number of H-pyrrole nitrogens is 2. The number of hydrogen-bond donors (Lipinski definition) is 3. The molecule has 1 aromatic heterocycles. The highest BCUT2D eigenvalue weighted by atomic mass is 35.5. The van der Waals surface area contributed by atoms with Gasteiger partial charge in [-0.1, -0.05) is 17.7 Å². The molecule has 0 bridgehead atoms. The van der Waals surface area contributed by atoms with Crippen LogP contribution in [-0.4, -0.2) is 15.9 Å². The van der Waals surface area contributed by atoms with Crippen molar-refractivity contribution in [2.75, 3.05) is 0 Å². The largest absolute Gasteiger partial charge is 0.345 e. The van der Waals surface area contributed by atoms with Gasteiger partial charge in [0.05, 0.1) is 16.9 Å². The van der Waals surface area contributed by atoms with Crippen LogP contribution in [0.5, 0.6) is 0 Å². The number of nitrogens with one attached hydrogen (secondary N) is 3. The SMILES string of the molecule is O=C(NC1CCc2cc(Cl)ccc21)c1ccc2c(=O)[nH]c(=S)[nH]c2c1. The van der Waals surface area contributed by atoms with Gasteiger partial charge < -0.3 is 10.3 Å². The molecule has 0 saturated carbocycles. The first-order chi connectivity index (χ1) is 12.0. The summed E-state index contributed by atoms with van der Waals surface area (Å²) in [6, 6.07) is 10.6. The molecule has 1 unspecified atom stereocenters. The fraction of sp³-hybridized carbons (Fsp3) is 0.167. The monoisotopic (exact) mass is 371 g/mol. The number of aryl methyl sites for hydroxylation is 1. The Balaban J connectivity index is 1.63. The summed E-state index contributed by atoms with van der Waals surface area (Å²) in [6.45, 7) is 0. The van der Waals surface area contributed by atoms with Crippen LogP contribution in [0.25, 0.3) is 10.9 Å². The summed E-state index contributed by atoms with van der Waals surface area (Å²) in [5, 5.41) is 4.23. The number of aromatic nitrogens is 2. The summed E-state index contributed by atoms with van der Waals surface area (Å²) in [5.41, 5.74) is 3.03. The van der Waals surface area contributed by atoms with Crippen molar-refractivity contribution in [3.63, 3.8) is 0 Å². The first-order valence-electron chi connectivity index (χ1n) is 7.87. The normalized spacial score (nSPS) is 16.0. The van der Waals surface area contributed by atoms with E-state index in [4.69, 9.17) is 23.8 Å². The minimum Gasteiger partial charge on any atom is -0.345 e. The summed E-state index contributed by atoms with van der Waals surface area (Å²) in [6.07, 6.45) is 1.73. The van der Waals surface area contributed by atoms with Gasteiger partial charge in [-0.25, -0.2) is 0 Å². The summed E-state index contributed by atoms with van der Waals surface area (Å²) >= 11 is 11.0. The second-order valence-corrected chi connectivity index (χ2v) is 6.92. The molecule has 4 rings (SSSR count). The van der Waals surface area contributed by atoms with Gasteiger partial charge in [-0.15, -0.1) is 0 Å². The van der Waals surface area contributed by atoms with Crippen LogP contribution in [-0.2, 0) is 6.42 Å². The van der Waals surface area contributed by atoms with Crippen molar-refractivity contribution in [1.82, 2.24) is 15.3 Å². The third-order valence-electron chi connectivity index (χ3n) is 4.49. The van der Waals surface area contributed by atoms with Gasteiger partial charge in [0.25, 0.3) is 11.5 Å². The van der Waals surface area contributed by atoms with E-state index in [0.29, 0.717) is 21.5 Å². The minimum absolute atomic E-state index is 0.0341. The summed E-state index contributed by atoms with van der Waals surface area (Å²) in [4.78, 5) is 29.9. The molecule has 1 amide bonds. The zero-order valence-corrected chi connectivity index (χ0v) is 14.6. The van der Waals surface area contributed by atoms with Gasteiger partial charge in [-0.05, 0) is 66.5 Å². The summed E-state index contributed by atoms with van der Waals surface area (Å²) < 4.78 is 0.233. The van der Waals surface area contributed by atoms with Crippen LogP contribution in [0.4, 0.5) is 0 Å². The Morgan fingerprint density at radius 2 is 2.04 bits per heavy atom. The van der Waals surface area contributed by atoms with Crippen molar-refractivity contribution >= 4 is 40.6 Å². The maximum atomic E-state index is 12.6. The van der Waals surface area contributed by atoms with Crippen LogP contribution in [0, 0.1) is 4.77 Å². The average molecular weight is 372 g/mol. The van der Waals surface area contributed by atoms with Crippen LogP contribution in [0.1, 0.15) is 33.9 Å². The number of carbonyl (C=O) groups excluding carboxylic acids is 1. The summed E-state index contributed by atoms with van der Waals surface area (Å²) in [5.74, 6) is -0.186. The van der Waals surface area contributed by atoms with Crippen molar-refractivity contribution in [2.45, 2.75) is 18.9 Å². The molecule has 1 aliphatic carbocycles. The van der Waals surface area contributed by atoms with E-state index in [1.54, 1.807) is 18.2 Å². The number of amides is 1. The van der Waals surface area contributed by atoms with Gasteiger partial charge in [-0.2, -0.15) is 0 Å². The molecule has 126 valence electrons. The van der Waals surface area contributed by atoms with Crippen LogP contribution in [0.2, 0.25) is 5.02 Å². The van der Waals surface area contributed by atoms with Crippen molar-refractivity contribution in [3.05, 3.63) is 73.2 Å². The lowest BCUT2D eigenvalue weighted by Gasteiger charge is -2.14. The molecule has 5 nitrogen and oxygen atoms in total. The number of carbonyl (C=O) groups is 1. The molecule has 0 radical (unpaired) electrons. The third-order valence-corrected chi connectivity index (χ3v) is 4.93. The highest BCUT2D eigenvalue weighted by Crippen LogP contribution is 2.33. The lowest BCUT2D eigenvalue weighted by molar-refractivity contribution is 0.0937. The molecular weight excluding hydrogens is 358 g/mol. The molecule has 3 aromatic rings. The van der Waals surface area contributed by atoms with E-state index in [1.165, 1.54) is 5.56 Å². The first-order valence-corrected chi connectivity index (χ1v) is 8.65. The Labute approximate surface area is 153 Å². The quantitative estimate of drug-likeness (QED) is 0.601. The van der Waals surface area contributed by atoms with E-state index >= 15 is 0 Å². The molecule has 2 aromatic carbocycles. The van der Waals surface area contributed by atoms with Crippen molar-refractivity contribution in [3.8, 4) is 0 Å². The van der Waals surface area contributed by atoms with Crippen molar-refractivity contribution in [2.24, 2.45) is 0 Å². The van der Waals surface area contributed by atoms with Gasteiger partial charge in [0.2, 0.25) is 0 Å². The van der Waals surface area contributed by atoms with E-state index in [9.17, 15) is 9.59 Å². The topological polar surface area (TPSA) is 77.8 Å². The van der Waals surface area contributed by atoms with Gasteiger partial charge in [0.15, 0.2) is 4.77 Å². The summed E-state index contributed by atoms with van der Waals surface area (Å²) in [7, 11) is 0. The molecule has 0 spiro atoms. The predicted molar refractivity (Wildman–Crippen MR) is 99.7 cm³/mol. The standard InChI is InChI=1S/C18H14ClN3O2S/c19-11-3-5-12-9(7-11)2-6-14(12)20-16(23)10-1-4-13-15(8-10)21-18(25)22-17(13)24/h1,3-5,7-8,14H,2,6H2,(H,20,23)(H2,21,22,24,25). The lowest BCUT2D eigenvalue weighted by atomic mass is 10.1. The smallest absolute Gasteiger partial charge is 0.259 e. The van der Waals surface area contributed by atoms with Gasteiger partial charge in [0, 0.05) is 10.6 Å². The number of fused-ring (bicyclic) bond motifs is 2. The molecule has 3 N–H and O–H groups in total. The van der Waals surface area contributed by atoms with E-state index in [1.807, 2.05) is 18.2 Å². The van der Waals surface area contributed by atoms with E-state index in [2.05, 4.69) is 15.3 Å². The number of aromatic amines is 2. The molecule has 0 fully saturated rings. The Morgan fingerprint density at radius 3 is 2.88 bits per heavy atom.